The van der Waals surface area contributed by atoms with Gasteiger partial charge in [0.15, 0.2) is 11.5 Å². The maximum atomic E-state index is 11.3. The molecule has 142 valence electrons. The summed E-state index contributed by atoms with van der Waals surface area (Å²) in [6.45, 7) is 0. The minimum absolute atomic E-state index is 0.0538. The van der Waals surface area contributed by atoms with Crippen LogP contribution in [0.25, 0.3) is 0 Å². The Morgan fingerprint density at radius 3 is 1.33 bits per heavy atom. The van der Waals surface area contributed by atoms with Gasteiger partial charge in [-0.1, -0.05) is 55.7 Å². The second-order valence-corrected chi connectivity index (χ2v) is 7.38. The van der Waals surface area contributed by atoms with Crippen molar-refractivity contribution in [2.75, 3.05) is 0 Å². The van der Waals surface area contributed by atoms with Crippen LogP contribution in [0.5, 0.6) is 11.5 Å². The average molecular weight is 366 g/mol. The fraction of sp³-hybridized carbons (Fsp3) is 0.391. The molecule has 0 aromatic heterocycles. The van der Waals surface area contributed by atoms with Crippen LogP contribution in [0, 0.1) is 0 Å². The minimum atomic E-state index is -0.271. The summed E-state index contributed by atoms with van der Waals surface area (Å²) in [4.78, 5) is 22.6. The second kappa shape index (κ2) is 8.85. The van der Waals surface area contributed by atoms with Crippen LogP contribution in [0.1, 0.15) is 67.9 Å². The van der Waals surface area contributed by atoms with Crippen molar-refractivity contribution in [3.8, 4) is 11.5 Å². The third-order valence-electron chi connectivity index (χ3n) is 5.62. The zero-order valence-corrected chi connectivity index (χ0v) is 15.4. The number of aromatic hydroxyl groups is 2. The number of rotatable bonds is 2. The van der Waals surface area contributed by atoms with Crippen molar-refractivity contribution in [1.82, 2.24) is 0 Å². The van der Waals surface area contributed by atoms with Crippen LogP contribution >= 0.6 is 0 Å². The molecule has 0 atom stereocenters. The van der Waals surface area contributed by atoms with Gasteiger partial charge in [-0.15, -0.1) is 0 Å². The Kier molecular flexibility index (Phi) is 6.28. The van der Waals surface area contributed by atoms with Gasteiger partial charge in [0.2, 0.25) is 10.9 Å². The molecule has 2 aliphatic rings. The van der Waals surface area contributed by atoms with Crippen molar-refractivity contribution in [3.63, 3.8) is 0 Å². The summed E-state index contributed by atoms with van der Waals surface area (Å²) in [5.41, 5.74) is 1.11. The summed E-state index contributed by atoms with van der Waals surface area (Å²) < 4.78 is 0. The number of hydrogen-bond donors (Lipinski definition) is 2. The first-order valence-corrected chi connectivity index (χ1v) is 9.72. The Balaban J connectivity index is 0.000000156. The molecule has 0 radical (unpaired) electrons. The molecular weight excluding hydrogens is 340 g/mol. The standard InChI is InChI=1S/C12H14O2.C11H12O2/c13-11-8-4-3-7-10(12(11)14)9-5-1-2-6-9;12-10-7-2-1-6-9(11(10)13)8-4-3-5-8/h3-4,7-9H,1-2,5-6H2,(H,13,14);1-2,6-8H,3-5H2,(H,12,13). The predicted octanol–water partition coefficient (Wildman–Crippen LogP) is 4.43. The topological polar surface area (TPSA) is 74.6 Å². The Morgan fingerprint density at radius 1 is 0.593 bits per heavy atom. The molecule has 0 unspecified atom stereocenters. The summed E-state index contributed by atoms with van der Waals surface area (Å²) in [7, 11) is 0. The molecule has 0 spiro atoms. The van der Waals surface area contributed by atoms with Crippen molar-refractivity contribution in [2.24, 2.45) is 0 Å². The molecule has 27 heavy (non-hydrogen) atoms. The van der Waals surface area contributed by atoms with Crippen LogP contribution < -0.4 is 10.9 Å². The molecular formula is C23H26O4. The fourth-order valence-corrected chi connectivity index (χ4v) is 3.82. The highest BCUT2D eigenvalue weighted by atomic mass is 16.3. The van der Waals surface area contributed by atoms with Gasteiger partial charge in [-0.05, 0) is 49.7 Å². The molecule has 2 aromatic carbocycles. The summed E-state index contributed by atoms with van der Waals surface area (Å²) in [6, 6.07) is 13.5. The van der Waals surface area contributed by atoms with Crippen molar-refractivity contribution in [2.45, 2.75) is 56.8 Å². The maximum absolute atomic E-state index is 11.3. The van der Waals surface area contributed by atoms with Gasteiger partial charge in [-0.25, -0.2) is 0 Å². The molecule has 2 N–H and O–H groups in total. The van der Waals surface area contributed by atoms with Gasteiger partial charge in [0.05, 0.1) is 0 Å². The average Bonchev–Trinajstić information content (AvgIpc) is 3.04. The molecule has 0 heterocycles. The van der Waals surface area contributed by atoms with Gasteiger partial charge in [0, 0.05) is 11.1 Å². The first-order valence-electron chi connectivity index (χ1n) is 9.72. The van der Waals surface area contributed by atoms with Crippen LogP contribution in [0.2, 0.25) is 0 Å². The summed E-state index contributed by atoms with van der Waals surface area (Å²) in [5.74, 6) is 0.673. The molecule has 0 saturated heterocycles. The lowest BCUT2D eigenvalue weighted by Gasteiger charge is -2.25. The van der Waals surface area contributed by atoms with Gasteiger partial charge < -0.3 is 10.2 Å². The van der Waals surface area contributed by atoms with Crippen molar-refractivity contribution in [3.05, 3.63) is 80.1 Å². The van der Waals surface area contributed by atoms with E-state index in [1.165, 1.54) is 31.4 Å². The van der Waals surface area contributed by atoms with Crippen molar-refractivity contribution < 1.29 is 10.2 Å². The normalized spacial score (nSPS) is 16.9. The highest BCUT2D eigenvalue weighted by Gasteiger charge is 2.22. The molecule has 4 nitrogen and oxygen atoms in total. The monoisotopic (exact) mass is 366 g/mol. The second-order valence-electron chi connectivity index (χ2n) is 7.38. The van der Waals surface area contributed by atoms with E-state index in [-0.39, 0.29) is 22.4 Å². The predicted molar refractivity (Wildman–Crippen MR) is 107 cm³/mol. The molecule has 4 heteroatoms. The van der Waals surface area contributed by atoms with E-state index in [0.29, 0.717) is 11.8 Å². The van der Waals surface area contributed by atoms with Crippen LogP contribution in [-0.2, 0) is 0 Å². The van der Waals surface area contributed by atoms with Gasteiger partial charge in [0.25, 0.3) is 0 Å². The molecule has 0 bridgehead atoms. The zero-order chi connectivity index (χ0) is 19.2. The molecule has 2 saturated carbocycles. The van der Waals surface area contributed by atoms with E-state index in [2.05, 4.69) is 0 Å². The first-order chi connectivity index (χ1) is 13.1. The van der Waals surface area contributed by atoms with Crippen LogP contribution in [0.4, 0.5) is 0 Å². The van der Waals surface area contributed by atoms with E-state index in [9.17, 15) is 19.8 Å². The Morgan fingerprint density at radius 2 is 0.963 bits per heavy atom. The Bertz CT molecular complexity index is 897. The summed E-state index contributed by atoms with van der Waals surface area (Å²) >= 11 is 0. The van der Waals surface area contributed by atoms with Crippen LogP contribution in [0.3, 0.4) is 0 Å². The van der Waals surface area contributed by atoms with E-state index in [1.807, 2.05) is 24.3 Å². The molecule has 0 amide bonds. The van der Waals surface area contributed by atoms with Crippen LogP contribution in [-0.4, -0.2) is 10.2 Å². The van der Waals surface area contributed by atoms with E-state index in [0.717, 1.165) is 36.8 Å². The van der Waals surface area contributed by atoms with E-state index >= 15 is 0 Å². The van der Waals surface area contributed by atoms with Gasteiger partial charge >= 0.3 is 0 Å². The maximum Gasteiger partial charge on any atom is 0.220 e. The minimum Gasteiger partial charge on any atom is -0.504 e. The third kappa shape index (κ3) is 4.57. The van der Waals surface area contributed by atoms with E-state index in [4.69, 9.17) is 0 Å². The Hall–Kier alpha value is -2.62. The summed E-state index contributed by atoms with van der Waals surface area (Å²) in [5, 5.41) is 19.3. The van der Waals surface area contributed by atoms with Gasteiger partial charge in [0.1, 0.15) is 0 Å². The van der Waals surface area contributed by atoms with Crippen molar-refractivity contribution >= 4 is 0 Å². The smallest absolute Gasteiger partial charge is 0.220 e. The fourth-order valence-electron chi connectivity index (χ4n) is 3.82. The van der Waals surface area contributed by atoms with Gasteiger partial charge in [-0.3, -0.25) is 9.59 Å². The molecule has 2 aliphatic carbocycles. The third-order valence-corrected chi connectivity index (χ3v) is 5.62. The van der Waals surface area contributed by atoms with Gasteiger partial charge in [-0.2, -0.15) is 0 Å². The highest BCUT2D eigenvalue weighted by molar-refractivity contribution is 5.35. The largest absolute Gasteiger partial charge is 0.504 e. The van der Waals surface area contributed by atoms with Crippen LogP contribution in [0.15, 0.2) is 58.1 Å². The lowest BCUT2D eigenvalue weighted by Crippen LogP contribution is -2.10. The quantitative estimate of drug-likeness (QED) is 0.824. The number of hydrogen-bond acceptors (Lipinski definition) is 4. The molecule has 2 fully saturated rings. The highest BCUT2D eigenvalue weighted by Crippen LogP contribution is 2.38. The SMILES string of the molecule is O=c1ccccc(C2CCC2)c1O.O=c1ccccc(C2CCCC2)c1O. The summed E-state index contributed by atoms with van der Waals surface area (Å²) in [6.07, 6.45) is 7.99. The lowest BCUT2D eigenvalue weighted by molar-refractivity contribution is 0.392. The lowest BCUT2D eigenvalue weighted by atomic mass is 9.80. The van der Waals surface area contributed by atoms with E-state index in [1.54, 1.807) is 12.1 Å². The van der Waals surface area contributed by atoms with E-state index < -0.39 is 0 Å². The first kappa shape index (κ1) is 19.2. The molecule has 4 rings (SSSR count). The Labute approximate surface area is 159 Å². The molecule has 0 aliphatic heterocycles. The molecule has 2 aromatic rings. The zero-order valence-electron chi connectivity index (χ0n) is 15.4. The van der Waals surface area contributed by atoms with Crippen molar-refractivity contribution in [1.29, 1.82) is 0 Å².